The minimum atomic E-state index is -3.54. The van der Waals surface area contributed by atoms with Crippen molar-refractivity contribution < 1.29 is 12.8 Å². The summed E-state index contributed by atoms with van der Waals surface area (Å²) < 4.78 is 37.7. The van der Waals surface area contributed by atoms with E-state index in [1.54, 1.807) is 6.07 Å². The van der Waals surface area contributed by atoms with E-state index in [1.165, 1.54) is 18.2 Å². The standard InChI is InChI=1S/C12H16FNO2S/c13-10-3-1-2-4-11(10)17(15,16)9-12(5-6-12)7-8-14/h1-4H,5-9,14H2. The van der Waals surface area contributed by atoms with Crippen LogP contribution in [-0.2, 0) is 9.84 Å². The molecule has 2 rings (SSSR count). The van der Waals surface area contributed by atoms with E-state index in [1.807, 2.05) is 0 Å². The number of nitrogens with two attached hydrogens (primary N) is 1. The van der Waals surface area contributed by atoms with E-state index in [9.17, 15) is 12.8 Å². The monoisotopic (exact) mass is 257 g/mol. The largest absolute Gasteiger partial charge is 0.330 e. The van der Waals surface area contributed by atoms with Crippen LogP contribution < -0.4 is 5.73 Å². The van der Waals surface area contributed by atoms with Gasteiger partial charge in [0.25, 0.3) is 0 Å². The van der Waals surface area contributed by atoms with Crippen molar-refractivity contribution in [3.63, 3.8) is 0 Å². The van der Waals surface area contributed by atoms with Crippen LogP contribution in [0.5, 0.6) is 0 Å². The lowest BCUT2D eigenvalue weighted by molar-refractivity contribution is 0.506. The third-order valence-electron chi connectivity index (χ3n) is 3.30. The summed E-state index contributed by atoms with van der Waals surface area (Å²) in [6.45, 7) is 0.479. The van der Waals surface area contributed by atoms with E-state index in [2.05, 4.69) is 0 Å². The third kappa shape index (κ3) is 2.66. The van der Waals surface area contributed by atoms with Gasteiger partial charge in [-0.2, -0.15) is 0 Å². The van der Waals surface area contributed by atoms with Gasteiger partial charge in [-0.15, -0.1) is 0 Å². The zero-order chi connectivity index (χ0) is 12.5. The van der Waals surface area contributed by atoms with Gasteiger partial charge < -0.3 is 5.73 Å². The molecule has 1 aliphatic carbocycles. The van der Waals surface area contributed by atoms with Crippen molar-refractivity contribution in [2.45, 2.75) is 24.2 Å². The van der Waals surface area contributed by atoms with Crippen LogP contribution in [0, 0.1) is 11.2 Å². The minimum absolute atomic E-state index is 0.0120. The summed E-state index contributed by atoms with van der Waals surface area (Å²) in [4.78, 5) is -0.191. The van der Waals surface area contributed by atoms with E-state index < -0.39 is 15.7 Å². The summed E-state index contributed by atoms with van der Waals surface area (Å²) >= 11 is 0. The van der Waals surface area contributed by atoms with Crippen LogP contribution >= 0.6 is 0 Å². The van der Waals surface area contributed by atoms with Crippen LogP contribution in [0.1, 0.15) is 19.3 Å². The maximum absolute atomic E-state index is 13.5. The fourth-order valence-electron chi connectivity index (χ4n) is 2.13. The van der Waals surface area contributed by atoms with Crippen LogP contribution in [0.15, 0.2) is 29.2 Å². The van der Waals surface area contributed by atoms with Crippen LogP contribution in [0.3, 0.4) is 0 Å². The average Bonchev–Trinajstić information content (AvgIpc) is 2.97. The van der Waals surface area contributed by atoms with Crippen molar-refractivity contribution >= 4 is 9.84 Å². The van der Waals surface area contributed by atoms with Crippen molar-refractivity contribution in [3.8, 4) is 0 Å². The van der Waals surface area contributed by atoms with Gasteiger partial charge >= 0.3 is 0 Å². The van der Waals surface area contributed by atoms with Crippen LogP contribution in [0.25, 0.3) is 0 Å². The summed E-state index contributed by atoms with van der Waals surface area (Å²) in [5.41, 5.74) is 5.27. The topological polar surface area (TPSA) is 60.2 Å². The van der Waals surface area contributed by atoms with Crippen molar-refractivity contribution in [1.29, 1.82) is 0 Å². The molecule has 0 saturated heterocycles. The molecule has 0 heterocycles. The molecule has 1 aromatic carbocycles. The smallest absolute Gasteiger partial charge is 0.181 e. The fraction of sp³-hybridized carbons (Fsp3) is 0.500. The molecule has 0 spiro atoms. The summed E-state index contributed by atoms with van der Waals surface area (Å²) in [6.07, 6.45) is 2.44. The molecule has 17 heavy (non-hydrogen) atoms. The second kappa shape index (κ2) is 4.38. The lowest BCUT2D eigenvalue weighted by Crippen LogP contribution is -2.21. The first kappa shape index (κ1) is 12.5. The van der Waals surface area contributed by atoms with Gasteiger partial charge in [0.1, 0.15) is 10.7 Å². The maximum atomic E-state index is 13.5. The van der Waals surface area contributed by atoms with Crippen molar-refractivity contribution in [2.24, 2.45) is 11.1 Å². The molecule has 1 aliphatic rings. The van der Waals surface area contributed by atoms with Crippen molar-refractivity contribution in [1.82, 2.24) is 0 Å². The predicted molar refractivity (Wildman–Crippen MR) is 63.8 cm³/mol. The Labute approximate surface area is 101 Å². The predicted octanol–water partition coefficient (Wildman–Crippen LogP) is 1.73. The van der Waals surface area contributed by atoms with Gasteiger partial charge in [-0.1, -0.05) is 12.1 Å². The first-order chi connectivity index (χ1) is 7.99. The number of benzene rings is 1. The second-order valence-electron chi connectivity index (χ2n) is 4.73. The first-order valence-corrected chi connectivity index (χ1v) is 7.32. The molecule has 0 aliphatic heterocycles. The highest BCUT2D eigenvalue weighted by atomic mass is 32.2. The van der Waals surface area contributed by atoms with E-state index in [4.69, 9.17) is 5.73 Å². The van der Waals surface area contributed by atoms with E-state index in [-0.39, 0.29) is 16.1 Å². The van der Waals surface area contributed by atoms with Crippen molar-refractivity contribution in [2.75, 3.05) is 12.3 Å². The molecule has 0 atom stereocenters. The molecule has 1 saturated carbocycles. The van der Waals surface area contributed by atoms with Gasteiger partial charge in [0.15, 0.2) is 9.84 Å². The summed E-state index contributed by atoms with van der Waals surface area (Å²) in [7, 11) is -3.54. The number of rotatable bonds is 5. The quantitative estimate of drug-likeness (QED) is 0.874. The number of sulfone groups is 1. The molecule has 1 aromatic rings. The molecule has 0 amide bonds. The van der Waals surface area contributed by atoms with E-state index in [0.29, 0.717) is 13.0 Å². The Morgan fingerprint density at radius 3 is 2.47 bits per heavy atom. The van der Waals surface area contributed by atoms with Gasteiger partial charge in [-0.05, 0) is 43.4 Å². The van der Waals surface area contributed by atoms with Crippen molar-refractivity contribution in [3.05, 3.63) is 30.1 Å². The summed E-state index contributed by atoms with van der Waals surface area (Å²) in [5.74, 6) is -0.658. The number of hydrogen-bond acceptors (Lipinski definition) is 3. The Balaban J connectivity index is 2.23. The van der Waals surface area contributed by atoms with E-state index >= 15 is 0 Å². The maximum Gasteiger partial charge on any atom is 0.181 e. The lowest BCUT2D eigenvalue weighted by atomic mass is 10.1. The van der Waals surface area contributed by atoms with Gasteiger partial charge in [0, 0.05) is 0 Å². The highest BCUT2D eigenvalue weighted by molar-refractivity contribution is 7.91. The molecular formula is C12H16FNO2S. The SMILES string of the molecule is NCCC1(CS(=O)(=O)c2ccccc2F)CC1. The number of halogens is 1. The highest BCUT2D eigenvalue weighted by Gasteiger charge is 2.45. The Hall–Kier alpha value is -0.940. The second-order valence-corrected chi connectivity index (χ2v) is 6.69. The van der Waals surface area contributed by atoms with Gasteiger partial charge in [-0.3, -0.25) is 0 Å². The first-order valence-electron chi connectivity index (χ1n) is 5.66. The molecule has 0 radical (unpaired) electrons. The Morgan fingerprint density at radius 2 is 1.94 bits per heavy atom. The Kier molecular flexibility index (Phi) is 3.23. The Bertz CT molecular complexity index is 509. The lowest BCUT2D eigenvalue weighted by Gasteiger charge is -2.14. The molecule has 0 unspecified atom stereocenters. The van der Waals surface area contributed by atoms with Crippen LogP contribution in [-0.4, -0.2) is 20.7 Å². The van der Waals surface area contributed by atoms with Crippen LogP contribution in [0.4, 0.5) is 4.39 Å². The molecule has 94 valence electrons. The third-order valence-corrected chi connectivity index (χ3v) is 5.29. The molecular weight excluding hydrogens is 241 g/mol. The fourth-order valence-corrected chi connectivity index (χ4v) is 4.17. The van der Waals surface area contributed by atoms with E-state index in [0.717, 1.165) is 12.8 Å². The zero-order valence-electron chi connectivity index (χ0n) is 9.52. The summed E-state index contributed by atoms with van der Waals surface area (Å²) in [6, 6.07) is 5.53. The molecule has 1 fully saturated rings. The molecule has 5 heteroatoms. The molecule has 3 nitrogen and oxygen atoms in total. The Morgan fingerprint density at radius 1 is 1.29 bits per heavy atom. The molecule has 0 bridgehead atoms. The van der Waals surface area contributed by atoms with Gasteiger partial charge in [-0.25, -0.2) is 12.8 Å². The van der Waals surface area contributed by atoms with Gasteiger partial charge in [0.2, 0.25) is 0 Å². The zero-order valence-corrected chi connectivity index (χ0v) is 10.3. The molecule has 0 aromatic heterocycles. The normalized spacial score (nSPS) is 18.0. The van der Waals surface area contributed by atoms with Gasteiger partial charge in [0.05, 0.1) is 5.75 Å². The average molecular weight is 257 g/mol. The highest BCUT2D eigenvalue weighted by Crippen LogP contribution is 2.50. The minimum Gasteiger partial charge on any atom is -0.330 e. The van der Waals surface area contributed by atoms with Crippen LogP contribution in [0.2, 0.25) is 0 Å². The number of hydrogen-bond donors (Lipinski definition) is 1. The summed E-state index contributed by atoms with van der Waals surface area (Å²) in [5, 5.41) is 0. The molecule has 2 N–H and O–H groups in total.